The van der Waals surface area contributed by atoms with Gasteiger partial charge < -0.3 is 24.1 Å². The molecule has 180 valence electrons. The number of imidazole rings is 1. The number of hydrogen-bond donors (Lipinski definition) is 1. The maximum absolute atomic E-state index is 5.52. The minimum atomic E-state index is 0.646. The van der Waals surface area contributed by atoms with Crippen molar-refractivity contribution in [3.8, 4) is 0 Å². The monoisotopic (exact) mass is 451 g/mol. The maximum atomic E-state index is 5.52. The second-order valence-corrected chi connectivity index (χ2v) is 10.0. The summed E-state index contributed by atoms with van der Waals surface area (Å²) >= 11 is 0. The number of likely N-dealkylation sites (tertiary alicyclic amines) is 1. The lowest BCUT2D eigenvalue weighted by molar-refractivity contribution is 0.223. The topological polar surface area (TPSA) is 49.5 Å². The van der Waals surface area contributed by atoms with E-state index in [0.29, 0.717) is 6.54 Å². The van der Waals surface area contributed by atoms with Gasteiger partial charge in [-0.1, -0.05) is 26.3 Å². The van der Waals surface area contributed by atoms with Crippen LogP contribution in [0.1, 0.15) is 57.3 Å². The molecule has 0 radical (unpaired) electrons. The average Bonchev–Trinajstić information content (AvgIpc) is 3.45. The van der Waals surface area contributed by atoms with Crippen LogP contribution in [0.2, 0.25) is 0 Å². The first kappa shape index (κ1) is 23.8. The van der Waals surface area contributed by atoms with E-state index in [0.717, 1.165) is 55.7 Å². The number of aryl methyl sites for hydroxylation is 1. The van der Waals surface area contributed by atoms with Gasteiger partial charge in [0.15, 0.2) is 0 Å². The third-order valence-corrected chi connectivity index (χ3v) is 6.66. The highest BCUT2D eigenvalue weighted by Gasteiger charge is 2.14. The fourth-order valence-corrected chi connectivity index (χ4v) is 4.71. The third kappa shape index (κ3) is 6.84. The quantitative estimate of drug-likeness (QED) is 0.389. The molecular weight excluding hydrogens is 410 g/mol. The second kappa shape index (κ2) is 11.7. The number of aromatic nitrogens is 2. The Bertz CT molecular complexity index is 972. The molecule has 6 heteroatoms. The zero-order valence-corrected chi connectivity index (χ0v) is 20.7. The molecule has 1 saturated heterocycles. The van der Waals surface area contributed by atoms with E-state index in [1.54, 1.807) is 6.26 Å². The zero-order chi connectivity index (χ0) is 23.0. The molecule has 0 atom stereocenters. The van der Waals surface area contributed by atoms with E-state index in [1.165, 1.54) is 49.9 Å². The van der Waals surface area contributed by atoms with Crippen molar-refractivity contribution in [2.24, 2.45) is 5.92 Å². The maximum Gasteiger partial charge on any atom is 0.204 e. The average molecular weight is 452 g/mol. The van der Waals surface area contributed by atoms with E-state index < -0.39 is 0 Å². The van der Waals surface area contributed by atoms with Gasteiger partial charge >= 0.3 is 0 Å². The van der Waals surface area contributed by atoms with Gasteiger partial charge in [0.1, 0.15) is 5.76 Å². The van der Waals surface area contributed by atoms with Crippen LogP contribution in [-0.2, 0) is 19.6 Å². The van der Waals surface area contributed by atoms with Crippen molar-refractivity contribution in [1.82, 2.24) is 19.4 Å². The van der Waals surface area contributed by atoms with Crippen LogP contribution >= 0.6 is 0 Å². The van der Waals surface area contributed by atoms with Crippen molar-refractivity contribution in [3.05, 3.63) is 47.9 Å². The molecule has 3 aromatic rings. The molecule has 4 rings (SSSR count). The lowest BCUT2D eigenvalue weighted by atomic mass is 10.1. The number of fused-ring (bicyclic) bond motifs is 1. The molecule has 3 heterocycles. The predicted molar refractivity (Wildman–Crippen MR) is 136 cm³/mol. The predicted octanol–water partition coefficient (Wildman–Crippen LogP) is 5.60. The Morgan fingerprint density at radius 1 is 1.12 bits per heavy atom. The Kier molecular flexibility index (Phi) is 8.46. The molecule has 0 unspecified atom stereocenters. The minimum Gasteiger partial charge on any atom is -0.467 e. The summed E-state index contributed by atoms with van der Waals surface area (Å²) in [5.74, 6) is 2.60. The van der Waals surface area contributed by atoms with Gasteiger partial charge in [0.2, 0.25) is 5.95 Å². The van der Waals surface area contributed by atoms with Crippen molar-refractivity contribution in [2.75, 3.05) is 38.5 Å². The highest BCUT2D eigenvalue weighted by atomic mass is 16.3. The molecule has 6 nitrogen and oxygen atoms in total. The van der Waals surface area contributed by atoms with Crippen LogP contribution in [-0.4, -0.2) is 52.6 Å². The van der Waals surface area contributed by atoms with Crippen LogP contribution in [0.25, 0.3) is 11.0 Å². The lowest BCUT2D eigenvalue weighted by Gasteiger charge is -2.26. The molecule has 0 aliphatic carbocycles. The Hall–Kier alpha value is -2.31. The number of nitrogens with zero attached hydrogens (tertiary/aromatic N) is 4. The van der Waals surface area contributed by atoms with E-state index in [2.05, 4.69) is 58.8 Å². The summed E-state index contributed by atoms with van der Waals surface area (Å²) in [5.41, 5.74) is 3.64. The van der Waals surface area contributed by atoms with Gasteiger partial charge in [-0.25, -0.2) is 4.98 Å². The number of anilines is 1. The molecule has 0 bridgehead atoms. The number of nitrogens with one attached hydrogen (secondary N) is 1. The summed E-state index contributed by atoms with van der Waals surface area (Å²) < 4.78 is 7.90. The summed E-state index contributed by atoms with van der Waals surface area (Å²) in [7, 11) is 2.22. The normalized spacial score (nSPS) is 15.2. The first-order chi connectivity index (χ1) is 16.1. The van der Waals surface area contributed by atoms with Crippen molar-refractivity contribution >= 4 is 17.0 Å². The number of hydrogen-bond acceptors (Lipinski definition) is 5. The lowest BCUT2D eigenvalue weighted by Crippen LogP contribution is -2.31. The van der Waals surface area contributed by atoms with Gasteiger partial charge in [-0.3, -0.25) is 0 Å². The van der Waals surface area contributed by atoms with E-state index in [1.807, 2.05) is 12.1 Å². The summed E-state index contributed by atoms with van der Waals surface area (Å²) in [5, 5.41) is 3.52. The standard InChI is InChI=1S/C27H41N5O/c1-22(2)12-17-30(3)21-23-10-11-25-26(19-23)32(16-8-15-31-13-5-4-6-14-31)27(29-25)28-20-24-9-7-18-33-24/h7,9-11,18-19,22H,4-6,8,12-17,20-21H2,1-3H3,(H,28,29). The van der Waals surface area contributed by atoms with E-state index in [-0.39, 0.29) is 0 Å². The molecule has 2 aromatic heterocycles. The second-order valence-electron chi connectivity index (χ2n) is 10.0. The molecule has 1 aliphatic heterocycles. The van der Waals surface area contributed by atoms with Gasteiger partial charge in [-0.15, -0.1) is 0 Å². The molecule has 1 N–H and O–H groups in total. The number of rotatable bonds is 12. The molecule has 1 aliphatic rings. The van der Waals surface area contributed by atoms with Crippen molar-refractivity contribution in [3.63, 3.8) is 0 Å². The largest absolute Gasteiger partial charge is 0.467 e. The van der Waals surface area contributed by atoms with E-state index in [9.17, 15) is 0 Å². The van der Waals surface area contributed by atoms with Crippen LogP contribution in [0.15, 0.2) is 41.0 Å². The van der Waals surface area contributed by atoms with Gasteiger partial charge in [0, 0.05) is 13.1 Å². The van der Waals surface area contributed by atoms with Crippen LogP contribution < -0.4 is 5.32 Å². The van der Waals surface area contributed by atoms with Crippen LogP contribution in [0.5, 0.6) is 0 Å². The Morgan fingerprint density at radius 2 is 1.97 bits per heavy atom. The highest BCUT2D eigenvalue weighted by molar-refractivity contribution is 5.79. The molecule has 0 saturated carbocycles. The Morgan fingerprint density at radius 3 is 2.73 bits per heavy atom. The molecular formula is C27H41N5O. The zero-order valence-electron chi connectivity index (χ0n) is 20.7. The Labute approximate surface area is 199 Å². The number of piperidine rings is 1. The molecule has 0 amide bonds. The minimum absolute atomic E-state index is 0.646. The fraction of sp³-hybridized carbons (Fsp3) is 0.593. The third-order valence-electron chi connectivity index (χ3n) is 6.66. The highest BCUT2D eigenvalue weighted by Crippen LogP contribution is 2.23. The Balaban J connectivity index is 1.49. The van der Waals surface area contributed by atoms with Crippen molar-refractivity contribution in [1.29, 1.82) is 0 Å². The number of furan rings is 1. The van der Waals surface area contributed by atoms with Crippen LogP contribution in [0.3, 0.4) is 0 Å². The SMILES string of the molecule is CC(C)CCN(C)Cc1ccc2nc(NCc3ccco3)n(CCCN3CCCCC3)c2c1. The summed E-state index contributed by atoms with van der Waals surface area (Å²) in [6.07, 6.45) is 8.17. The van der Waals surface area contributed by atoms with E-state index in [4.69, 9.17) is 9.40 Å². The summed E-state index contributed by atoms with van der Waals surface area (Å²) in [6.45, 7) is 12.0. The van der Waals surface area contributed by atoms with Gasteiger partial charge in [-0.2, -0.15) is 0 Å². The van der Waals surface area contributed by atoms with Crippen LogP contribution in [0, 0.1) is 5.92 Å². The molecule has 0 spiro atoms. The van der Waals surface area contributed by atoms with Crippen molar-refractivity contribution < 1.29 is 4.42 Å². The van der Waals surface area contributed by atoms with Gasteiger partial charge in [0.25, 0.3) is 0 Å². The van der Waals surface area contributed by atoms with Gasteiger partial charge in [0.05, 0.1) is 23.8 Å². The first-order valence-corrected chi connectivity index (χ1v) is 12.7. The van der Waals surface area contributed by atoms with Crippen LogP contribution in [0.4, 0.5) is 5.95 Å². The van der Waals surface area contributed by atoms with Gasteiger partial charge in [-0.05, 0) is 94.7 Å². The summed E-state index contributed by atoms with van der Waals surface area (Å²) in [4.78, 5) is 9.98. The molecule has 33 heavy (non-hydrogen) atoms. The summed E-state index contributed by atoms with van der Waals surface area (Å²) in [6, 6.07) is 10.7. The molecule has 1 fully saturated rings. The van der Waals surface area contributed by atoms with E-state index >= 15 is 0 Å². The van der Waals surface area contributed by atoms with Crippen molar-refractivity contribution in [2.45, 2.75) is 65.6 Å². The fourth-order valence-electron chi connectivity index (χ4n) is 4.71. The smallest absolute Gasteiger partial charge is 0.204 e. The molecule has 1 aromatic carbocycles. The first-order valence-electron chi connectivity index (χ1n) is 12.7. The number of benzene rings is 1.